The molecule has 0 saturated heterocycles. The number of nitro groups is 1. The lowest BCUT2D eigenvalue weighted by atomic mass is 10.2. The highest BCUT2D eigenvalue weighted by molar-refractivity contribution is 7.89. The average Bonchev–Trinajstić information content (AvgIpc) is 3.19. The zero-order valence-electron chi connectivity index (χ0n) is 16.7. The van der Waals surface area contributed by atoms with Gasteiger partial charge in [-0.05, 0) is 30.7 Å². The van der Waals surface area contributed by atoms with Crippen molar-refractivity contribution in [2.45, 2.75) is 18.4 Å². The van der Waals surface area contributed by atoms with E-state index < -0.39 is 26.8 Å². The maximum absolute atomic E-state index is 12.6. The van der Waals surface area contributed by atoms with Crippen molar-refractivity contribution in [2.24, 2.45) is 0 Å². The van der Waals surface area contributed by atoms with Gasteiger partial charge in [0.2, 0.25) is 10.0 Å². The molecule has 3 rings (SSSR count). The quantitative estimate of drug-likeness (QED) is 0.354. The van der Waals surface area contributed by atoms with Crippen molar-refractivity contribution in [3.8, 4) is 0 Å². The van der Waals surface area contributed by atoms with Gasteiger partial charge in [0.15, 0.2) is 0 Å². The lowest BCUT2D eigenvalue weighted by Gasteiger charge is -2.09. The minimum Gasteiger partial charge on any atom is -0.267 e. The van der Waals surface area contributed by atoms with Crippen LogP contribution in [0.25, 0.3) is 0 Å². The number of benzene rings is 2. The summed E-state index contributed by atoms with van der Waals surface area (Å²) in [6.07, 6.45) is 0. The van der Waals surface area contributed by atoms with Crippen LogP contribution < -0.4 is 15.6 Å². The largest absolute Gasteiger partial charge is 0.283 e. The van der Waals surface area contributed by atoms with Gasteiger partial charge in [-0.3, -0.25) is 30.6 Å². The highest BCUT2D eigenvalue weighted by Gasteiger charge is 2.20. The molecular formula is C20H18N4O6S2. The van der Waals surface area contributed by atoms with Gasteiger partial charge in [-0.2, -0.15) is 0 Å². The zero-order valence-corrected chi connectivity index (χ0v) is 18.3. The molecule has 0 aliphatic carbocycles. The smallest absolute Gasteiger partial charge is 0.267 e. The van der Waals surface area contributed by atoms with E-state index in [9.17, 15) is 28.1 Å². The summed E-state index contributed by atoms with van der Waals surface area (Å²) in [5.41, 5.74) is 4.93. The highest BCUT2D eigenvalue weighted by Crippen LogP contribution is 2.27. The number of sulfonamides is 1. The third kappa shape index (κ3) is 5.55. The van der Waals surface area contributed by atoms with Crippen LogP contribution in [0.5, 0.6) is 0 Å². The van der Waals surface area contributed by atoms with Gasteiger partial charge in [0.05, 0.1) is 14.7 Å². The van der Waals surface area contributed by atoms with Crippen LogP contribution in [-0.4, -0.2) is 25.2 Å². The SMILES string of the molecule is Cc1sc(C(=O)NNC(=O)c2cccc(S(=O)(=O)NCc3ccccc3)c2)cc1[N+](=O)[O-]. The molecule has 3 N–H and O–H groups in total. The Bertz CT molecular complexity index is 1270. The Morgan fingerprint density at radius 2 is 1.69 bits per heavy atom. The van der Waals surface area contributed by atoms with Crippen LogP contribution in [0.4, 0.5) is 5.69 Å². The van der Waals surface area contributed by atoms with E-state index in [0.29, 0.717) is 4.88 Å². The number of nitrogens with one attached hydrogen (secondary N) is 3. The first-order chi connectivity index (χ1) is 15.2. The fraction of sp³-hybridized carbons (Fsp3) is 0.100. The molecule has 0 bridgehead atoms. The molecule has 32 heavy (non-hydrogen) atoms. The van der Waals surface area contributed by atoms with Crippen molar-refractivity contribution >= 4 is 38.9 Å². The van der Waals surface area contributed by atoms with Gasteiger partial charge in [0.25, 0.3) is 17.5 Å². The first-order valence-corrected chi connectivity index (χ1v) is 11.5. The monoisotopic (exact) mass is 474 g/mol. The number of aryl methyl sites for hydroxylation is 1. The van der Waals surface area contributed by atoms with Crippen LogP contribution in [-0.2, 0) is 16.6 Å². The Morgan fingerprint density at radius 1 is 1.00 bits per heavy atom. The van der Waals surface area contributed by atoms with Gasteiger partial charge >= 0.3 is 0 Å². The maximum atomic E-state index is 12.6. The predicted molar refractivity (Wildman–Crippen MR) is 118 cm³/mol. The van der Waals surface area contributed by atoms with Crippen molar-refractivity contribution in [3.05, 3.63) is 91.7 Å². The highest BCUT2D eigenvalue weighted by atomic mass is 32.2. The fourth-order valence-corrected chi connectivity index (χ4v) is 4.62. The van der Waals surface area contributed by atoms with Gasteiger partial charge in [0.1, 0.15) is 4.88 Å². The first-order valence-electron chi connectivity index (χ1n) is 9.16. The number of rotatable bonds is 7. The molecule has 2 aromatic carbocycles. The summed E-state index contributed by atoms with van der Waals surface area (Å²) < 4.78 is 27.6. The van der Waals surface area contributed by atoms with Crippen LogP contribution >= 0.6 is 11.3 Å². The van der Waals surface area contributed by atoms with E-state index >= 15 is 0 Å². The molecule has 0 saturated carbocycles. The van der Waals surface area contributed by atoms with Crippen LogP contribution in [0.15, 0.2) is 65.6 Å². The molecule has 3 aromatic rings. The molecule has 166 valence electrons. The molecule has 0 aliphatic rings. The summed E-state index contributed by atoms with van der Waals surface area (Å²) in [5.74, 6) is -1.48. The lowest BCUT2D eigenvalue weighted by Crippen LogP contribution is -2.41. The Kier molecular flexibility index (Phi) is 6.98. The predicted octanol–water partition coefficient (Wildman–Crippen LogP) is 2.52. The molecule has 0 aliphatic heterocycles. The summed E-state index contributed by atoms with van der Waals surface area (Å²) in [7, 11) is -3.88. The van der Waals surface area contributed by atoms with E-state index in [-0.39, 0.29) is 27.6 Å². The average molecular weight is 475 g/mol. The number of hydrogen-bond donors (Lipinski definition) is 3. The van der Waals surface area contributed by atoms with Crippen molar-refractivity contribution in [1.82, 2.24) is 15.6 Å². The molecular weight excluding hydrogens is 456 g/mol. The van der Waals surface area contributed by atoms with E-state index in [1.807, 2.05) is 6.07 Å². The summed E-state index contributed by atoms with van der Waals surface area (Å²) in [5, 5.41) is 10.9. The Labute approximate surface area is 187 Å². The zero-order chi connectivity index (χ0) is 23.3. The van der Waals surface area contributed by atoms with E-state index in [2.05, 4.69) is 15.6 Å². The van der Waals surface area contributed by atoms with E-state index in [4.69, 9.17) is 0 Å². The molecule has 0 fully saturated rings. The van der Waals surface area contributed by atoms with Crippen LogP contribution in [0.3, 0.4) is 0 Å². The second kappa shape index (κ2) is 9.68. The number of carbonyl (C=O) groups excluding carboxylic acids is 2. The Morgan fingerprint density at radius 3 is 2.34 bits per heavy atom. The third-order valence-corrected chi connectivity index (χ3v) is 6.75. The molecule has 0 atom stereocenters. The minimum atomic E-state index is -3.88. The molecule has 12 heteroatoms. The fourth-order valence-electron chi connectivity index (χ4n) is 2.67. The van der Waals surface area contributed by atoms with Crippen LogP contribution in [0.1, 0.15) is 30.5 Å². The molecule has 10 nitrogen and oxygen atoms in total. The Hall–Kier alpha value is -3.61. The van der Waals surface area contributed by atoms with Crippen molar-refractivity contribution < 1.29 is 22.9 Å². The van der Waals surface area contributed by atoms with Crippen LogP contribution in [0.2, 0.25) is 0 Å². The van der Waals surface area contributed by atoms with E-state index in [1.54, 1.807) is 24.3 Å². The van der Waals surface area contributed by atoms with E-state index in [0.717, 1.165) is 23.0 Å². The number of nitrogens with zero attached hydrogens (tertiary/aromatic N) is 1. The second-order valence-electron chi connectivity index (χ2n) is 6.56. The standard InChI is InChI=1S/C20H18N4O6S2/c1-13-17(24(27)28)11-18(31-13)20(26)23-22-19(25)15-8-5-9-16(10-15)32(29,30)21-12-14-6-3-2-4-7-14/h2-11,21H,12H2,1H3,(H,22,25)(H,23,26). The molecule has 1 aromatic heterocycles. The number of carbonyl (C=O) groups is 2. The van der Waals surface area contributed by atoms with Crippen molar-refractivity contribution in [1.29, 1.82) is 0 Å². The lowest BCUT2D eigenvalue weighted by molar-refractivity contribution is -0.385. The third-order valence-electron chi connectivity index (χ3n) is 4.32. The number of hydrazine groups is 1. The van der Waals surface area contributed by atoms with Gasteiger partial charge < -0.3 is 0 Å². The summed E-state index contributed by atoms with van der Waals surface area (Å²) >= 11 is 0.915. The maximum Gasteiger partial charge on any atom is 0.283 e. The number of thiophene rings is 1. The molecule has 2 amide bonds. The molecule has 0 radical (unpaired) electrons. The molecule has 0 spiro atoms. The summed E-state index contributed by atoms with van der Waals surface area (Å²) in [6.45, 7) is 1.60. The number of amides is 2. The van der Waals surface area contributed by atoms with Gasteiger partial charge in [-0.25, -0.2) is 13.1 Å². The summed E-state index contributed by atoms with van der Waals surface area (Å²) in [4.78, 5) is 35.1. The van der Waals surface area contributed by atoms with Gasteiger partial charge in [-0.15, -0.1) is 11.3 Å². The van der Waals surface area contributed by atoms with Crippen molar-refractivity contribution in [2.75, 3.05) is 0 Å². The van der Waals surface area contributed by atoms with Crippen LogP contribution in [0, 0.1) is 17.0 Å². The second-order valence-corrected chi connectivity index (χ2v) is 9.58. The summed E-state index contributed by atoms with van der Waals surface area (Å²) in [6, 6.07) is 15.4. The van der Waals surface area contributed by atoms with E-state index in [1.165, 1.54) is 31.2 Å². The molecule has 1 heterocycles. The first kappa shape index (κ1) is 23.1. The molecule has 0 unspecified atom stereocenters. The Balaban J connectivity index is 1.65. The number of hydrogen-bond acceptors (Lipinski definition) is 7. The normalized spacial score (nSPS) is 11.0. The topological polar surface area (TPSA) is 148 Å². The van der Waals surface area contributed by atoms with Crippen molar-refractivity contribution in [3.63, 3.8) is 0 Å². The minimum absolute atomic E-state index is 0.00114. The van der Waals surface area contributed by atoms with Gasteiger partial charge in [-0.1, -0.05) is 36.4 Å². The van der Waals surface area contributed by atoms with Gasteiger partial charge in [0, 0.05) is 18.2 Å².